The molecule has 0 aliphatic heterocycles. The number of nitrogens with one attached hydrogen (secondary N) is 2. The third-order valence-corrected chi connectivity index (χ3v) is 7.14. The number of fused-ring (bicyclic) bond motifs is 1. The molecule has 4 rings (SSSR count). The summed E-state index contributed by atoms with van der Waals surface area (Å²) in [5.41, 5.74) is 3.04. The lowest BCUT2D eigenvalue weighted by Gasteiger charge is -2.21. The van der Waals surface area contributed by atoms with Crippen LogP contribution in [-0.2, 0) is 29.9 Å². The van der Waals surface area contributed by atoms with E-state index in [4.69, 9.17) is 11.6 Å². The first-order valence-electron chi connectivity index (χ1n) is 10.4. The number of aryl methyl sites for hydroxylation is 3. The average molecular weight is 474 g/mol. The summed E-state index contributed by atoms with van der Waals surface area (Å²) in [6.07, 6.45) is 6.54. The molecule has 0 bridgehead atoms. The van der Waals surface area contributed by atoms with Crippen LogP contribution in [0.2, 0.25) is 5.15 Å². The van der Waals surface area contributed by atoms with Crippen LogP contribution < -0.4 is 10.0 Å². The molecule has 168 valence electrons. The van der Waals surface area contributed by atoms with Gasteiger partial charge in [-0.25, -0.2) is 18.1 Å². The van der Waals surface area contributed by atoms with Gasteiger partial charge in [-0.2, -0.15) is 5.10 Å². The summed E-state index contributed by atoms with van der Waals surface area (Å²) in [5.74, 6) is -0.398. The quantitative estimate of drug-likeness (QED) is 0.513. The maximum atomic E-state index is 13.1. The van der Waals surface area contributed by atoms with E-state index in [1.165, 1.54) is 17.1 Å². The van der Waals surface area contributed by atoms with Gasteiger partial charge in [0.25, 0.3) is 5.91 Å². The van der Waals surface area contributed by atoms with Gasteiger partial charge in [-0.1, -0.05) is 41.9 Å². The Morgan fingerprint density at radius 3 is 2.69 bits per heavy atom. The Hall–Kier alpha value is -2.75. The van der Waals surface area contributed by atoms with Gasteiger partial charge in [-0.05, 0) is 42.9 Å². The van der Waals surface area contributed by atoms with Crippen molar-refractivity contribution in [2.24, 2.45) is 7.05 Å². The van der Waals surface area contributed by atoms with E-state index in [2.05, 4.69) is 20.1 Å². The molecule has 0 radical (unpaired) electrons. The molecule has 8 nitrogen and oxygen atoms in total. The highest BCUT2D eigenvalue weighted by molar-refractivity contribution is 7.89. The van der Waals surface area contributed by atoms with Gasteiger partial charge in [0, 0.05) is 25.5 Å². The second kappa shape index (κ2) is 9.40. The van der Waals surface area contributed by atoms with Crippen LogP contribution in [-0.4, -0.2) is 35.6 Å². The number of halogens is 1. The summed E-state index contributed by atoms with van der Waals surface area (Å²) in [6, 6.07) is 10.4. The number of hydrogen-bond donors (Lipinski definition) is 2. The summed E-state index contributed by atoms with van der Waals surface area (Å²) in [6.45, 7) is -0.0387. The minimum Gasteiger partial charge on any atom is -0.344 e. The fraction of sp³-hybridized carbons (Fsp3) is 0.318. The fourth-order valence-corrected chi connectivity index (χ4v) is 5.03. The van der Waals surface area contributed by atoms with E-state index in [-0.39, 0.29) is 16.6 Å². The summed E-state index contributed by atoms with van der Waals surface area (Å²) in [5, 5.41) is 6.98. The highest BCUT2D eigenvalue weighted by Crippen LogP contribution is 2.25. The second-order valence-electron chi connectivity index (χ2n) is 7.78. The molecule has 1 aliphatic rings. The molecule has 2 heterocycles. The van der Waals surface area contributed by atoms with Gasteiger partial charge in [-0.15, -0.1) is 0 Å². The summed E-state index contributed by atoms with van der Waals surface area (Å²) in [7, 11) is -2.14. The molecular formula is C22H24ClN5O3S. The van der Waals surface area contributed by atoms with Gasteiger partial charge in [-0.3, -0.25) is 9.48 Å². The van der Waals surface area contributed by atoms with E-state index in [9.17, 15) is 13.2 Å². The van der Waals surface area contributed by atoms with Gasteiger partial charge in [0.05, 0.1) is 17.8 Å². The topological polar surface area (TPSA) is 106 Å². The molecule has 0 saturated heterocycles. The Morgan fingerprint density at radius 1 is 1.22 bits per heavy atom. The highest BCUT2D eigenvalue weighted by Gasteiger charge is 2.24. The smallest absolute Gasteiger partial charge is 0.254 e. The minimum absolute atomic E-state index is 0.0387. The third-order valence-electron chi connectivity index (χ3n) is 5.48. The lowest BCUT2D eigenvalue weighted by atomic mass is 9.95. The number of aromatic nitrogens is 3. The summed E-state index contributed by atoms with van der Waals surface area (Å²) < 4.78 is 29.3. The van der Waals surface area contributed by atoms with Crippen molar-refractivity contribution in [3.05, 3.63) is 76.3 Å². The number of sulfonamides is 1. The number of pyridine rings is 1. The highest BCUT2D eigenvalue weighted by atomic mass is 35.5. The molecule has 0 saturated carbocycles. The minimum atomic E-state index is -3.79. The zero-order chi connectivity index (χ0) is 22.7. The van der Waals surface area contributed by atoms with Gasteiger partial charge in [0.15, 0.2) is 0 Å². The maximum absolute atomic E-state index is 13.1. The van der Waals surface area contributed by atoms with E-state index in [1.54, 1.807) is 13.1 Å². The van der Waals surface area contributed by atoms with Gasteiger partial charge >= 0.3 is 0 Å². The van der Waals surface area contributed by atoms with E-state index in [0.29, 0.717) is 5.56 Å². The van der Waals surface area contributed by atoms with Crippen LogP contribution in [0.1, 0.15) is 46.1 Å². The zero-order valence-electron chi connectivity index (χ0n) is 17.6. The van der Waals surface area contributed by atoms with Crippen molar-refractivity contribution in [1.29, 1.82) is 0 Å². The van der Waals surface area contributed by atoms with Crippen LogP contribution in [0.15, 0.2) is 53.7 Å². The van der Waals surface area contributed by atoms with Crippen LogP contribution in [0.5, 0.6) is 0 Å². The van der Waals surface area contributed by atoms with Crippen molar-refractivity contribution >= 4 is 27.5 Å². The van der Waals surface area contributed by atoms with Crippen molar-refractivity contribution < 1.29 is 13.2 Å². The van der Waals surface area contributed by atoms with Crippen molar-refractivity contribution in [3.8, 4) is 0 Å². The first-order valence-corrected chi connectivity index (χ1v) is 12.2. The summed E-state index contributed by atoms with van der Waals surface area (Å²) >= 11 is 6.32. The van der Waals surface area contributed by atoms with Gasteiger partial charge in [0.2, 0.25) is 10.0 Å². The van der Waals surface area contributed by atoms with Crippen LogP contribution in [0.4, 0.5) is 0 Å². The maximum Gasteiger partial charge on any atom is 0.254 e. The molecule has 2 aromatic heterocycles. The molecule has 10 heteroatoms. The predicted molar refractivity (Wildman–Crippen MR) is 121 cm³/mol. The Kier molecular flexibility index (Phi) is 6.59. The third kappa shape index (κ3) is 5.01. The number of nitrogens with zero attached hydrogens (tertiary/aromatic N) is 3. The molecule has 32 heavy (non-hydrogen) atoms. The first-order chi connectivity index (χ1) is 15.3. The van der Waals surface area contributed by atoms with Crippen LogP contribution in [0.25, 0.3) is 0 Å². The van der Waals surface area contributed by atoms with Gasteiger partial charge < -0.3 is 5.32 Å². The average Bonchev–Trinajstić information content (AvgIpc) is 3.24. The molecule has 1 amide bonds. The largest absolute Gasteiger partial charge is 0.344 e. The molecular weight excluding hydrogens is 450 g/mol. The van der Waals surface area contributed by atoms with Crippen LogP contribution in [0.3, 0.4) is 0 Å². The van der Waals surface area contributed by atoms with E-state index < -0.39 is 22.0 Å². The Morgan fingerprint density at radius 2 is 1.97 bits per heavy atom. The van der Waals surface area contributed by atoms with Crippen molar-refractivity contribution in [2.45, 2.75) is 36.6 Å². The Bertz CT molecular complexity index is 1230. The molecule has 1 aromatic carbocycles. The first kappa shape index (κ1) is 22.4. The normalized spacial score (nSPS) is 14.6. The van der Waals surface area contributed by atoms with Crippen molar-refractivity contribution in [1.82, 2.24) is 24.8 Å². The van der Waals surface area contributed by atoms with Crippen molar-refractivity contribution in [2.75, 3.05) is 6.54 Å². The van der Waals surface area contributed by atoms with Gasteiger partial charge in [0.1, 0.15) is 10.0 Å². The molecule has 1 atom stereocenters. The number of benzene rings is 1. The fourth-order valence-electron chi connectivity index (χ4n) is 3.76. The lowest BCUT2D eigenvalue weighted by molar-refractivity contribution is 0.0936. The van der Waals surface area contributed by atoms with E-state index >= 15 is 0 Å². The Balaban J connectivity index is 1.56. The molecule has 1 unspecified atom stereocenters. The van der Waals surface area contributed by atoms with Crippen LogP contribution >= 0.6 is 11.6 Å². The van der Waals surface area contributed by atoms with Crippen LogP contribution in [0, 0.1) is 0 Å². The second-order valence-corrected chi connectivity index (χ2v) is 9.90. The molecule has 1 aliphatic carbocycles. The standard InChI is InChI=1S/C22H24ClN5O3S/c1-28-14-17(12-24-28)32(30,31)25-13-20(15-7-3-2-4-8-15)27-22(29)18-11-16-9-5-6-10-19(16)26-21(18)23/h2-4,7-8,11-12,14,20,25H,5-6,9-10,13H2,1H3,(H,27,29). The molecule has 2 N–H and O–H groups in total. The van der Waals surface area contributed by atoms with E-state index in [1.807, 2.05) is 30.3 Å². The monoisotopic (exact) mass is 473 g/mol. The zero-order valence-corrected chi connectivity index (χ0v) is 19.2. The number of hydrogen-bond acceptors (Lipinski definition) is 5. The molecule has 0 spiro atoms. The number of rotatable bonds is 7. The van der Waals surface area contributed by atoms with E-state index in [0.717, 1.165) is 42.5 Å². The predicted octanol–water partition coefficient (Wildman–Crippen LogP) is 2.80. The SMILES string of the molecule is Cn1cc(S(=O)(=O)NCC(NC(=O)c2cc3c(nc2Cl)CCCC3)c2ccccc2)cn1. The number of amides is 1. The molecule has 3 aromatic rings. The number of carbonyl (C=O) groups is 1. The van der Waals surface area contributed by atoms with Crippen molar-refractivity contribution in [3.63, 3.8) is 0 Å². The molecule has 0 fully saturated rings. The Labute approximate surface area is 192 Å². The lowest BCUT2D eigenvalue weighted by Crippen LogP contribution is -2.38. The summed E-state index contributed by atoms with van der Waals surface area (Å²) in [4.78, 5) is 17.6. The number of carbonyl (C=O) groups excluding carboxylic acids is 1.